The molecule has 0 unspecified atom stereocenters. The zero-order valence-corrected chi connectivity index (χ0v) is 8.84. The van der Waals surface area contributed by atoms with Crippen LogP contribution in [0.3, 0.4) is 0 Å². The van der Waals surface area contributed by atoms with Crippen molar-refractivity contribution in [2.24, 2.45) is 5.90 Å². The summed E-state index contributed by atoms with van der Waals surface area (Å²) in [6, 6.07) is 3.68. The number of phenols is 1. The lowest BCUT2D eigenvalue weighted by Gasteiger charge is -2.08. The molecule has 0 aliphatic rings. The van der Waals surface area contributed by atoms with Gasteiger partial charge in [0.1, 0.15) is 5.75 Å². The summed E-state index contributed by atoms with van der Waals surface area (Å²) in [5, 5.41) is 10.0. The number of benzene rings is 1. The van der Waals surface area contributed by atoms with Crippen molar-refractivity contribution in [3.8, 4) is 5.75 Å². The van der Waals surface area contributed by atoms with Crippen LogP contribution in [-0.2, 0) is 17.7 Å². The van der Waals surface area contributed by atoms with Crippen LogP contribution in [0.25, 0.3) is 0 Å². The van der Waals surface area contributed by atoms with E-state index in [0.29, 0.717) is 18.1 Å². The van der Waals surface area contributed by atoms with Crippen LogP contribution in [0, 0.1) is 0 Å². The third kappa shape index (κ3) is 2.61. The molecule has 0 amide bonds. The first-order chi connectivity index (χ1) is 6.69. The fourth-order valence-electron chi connectivity index (χ4n) is 1.28. The van der Waals surface area contributed by atoms with Gasteiger partial charge in [0.05, 0.1) is 11.6 Å². The van der Waals surface area contributed by atoms with Gasteiger partial charge in [0.25, 0.3) is 0 Å². The molecule has 3 N–H and O–H groups in total. The molecule has 0 spiro atoms. The minimum Gasteiger partial charge on any atom is -0.506 e. The molecule has 3 nitrogen and oxygen atoms in total. The molecule has 0 atom stereocenters. The molecule has 1 aromatic rings. The highest BCUT2D eigenvalue weighted by Gasteiger charge is 2.07. The Kier molecular flexibility index (Phi) is 4.20. The first-order valence-corrected chi connectivity index (χ1v) is 4.88. The number of phenolic OH excluding ortho intramolecular Hbond substituents is 1. The number of aromatic hydroxyl groups is 1. The predicted octanol–water partition coefficient (Wildman–Crippen LogP) is 2.04. The molecule has 14 heavy (non-hydrogen) atoms. The highest BCUT2D eigenvalue weighted by molar-refractivity contribution is 6.32. The van der Waals surface area contributed by atoms with Crippen molar-refractivity contribution < 1.29 is 9.94 Å². The van der Waals surface area contributed by atoms with Crippen LogP contribution < -0.4 is 5.90 Å². The number of rotatable bonds is 4. The molecule has 0 bridgehead atoms. The summed E-state index contributed by atoms with van der Waals surface area (Å²) in [4.78, 5) is 4.46. The van der Waals surface area contributed by atoms with E-state index < -0.39 is 0 Å². The number of aryl methyl sites for hydroxylation is 1. The fourth-order valence-corrected chi connectivity index (χ4v) is 1.54. The van der Waals surface area contributed by atoms with Crippen molar-refractivity contribution in [2.75, 3.05) is 6.61 Å². The van der Waals surface area contributed by atoms with E-state index in [9.17, 15) is 5.11 Å². The number of nitrogens with two attached hydrogens (primary N) is 1. The molecular weight excluding hydrogens is 202 g/mol. The van der Waals surface area contributed by atoms with Crippen LogP contribution in [0.4, 0.5) is 0 Å². The van der Waals surface area contributed by atoms with Crippen LogP contribution in [0.1, 0.15) is 18.1 Å². The van der Waals surface area contributed by atoms with E-state index in [0.717, 1.165) is 17.5 Å². The smallest absolute Gasteiger partial charge is 0.137 e. The van der Waals surface area contributed by atoms with Crippen LogP contribution in [0.15, 0.2) is 12.1 Å². The third-order valence-corrected chi connectivity index (χ3v) is 2.39. The van der Waals surface area contributed by atoms with Gasteiger partial charge < -0.3 is 9.94 Å². The first-order valence-electron chi connectivity index (χ1n) is 4.51. The van der Waals surface area contributed by atoms with E-state index in [1.807, 2.05) is 13.0 Å². The quantitative estimate of drug-likeness (QED) is 0.756. The standard InChI is InChI=1S/C10H14ClNO2/c1-2-7-5-8(3-4-14-12)10(13)9(11)6-7/h5-6,13H,2-4,12H2,1H3. The van der Waals surface area contributed by atoms with Gasteiger partial charge in [-0.3, -0.25) is 0 Å². The molecular formula is C10H14ClNO2. The van der Waals surface area contributed by atoms with Crippen molar-refractivity contribution >= 4 is 11.6 Å². The lowest BCUT2D eigenvalue weighted by Crippen LogP contribution is -2.04. The summed E-state index contributed by atoms with van der Waals surface area (Å²) in [5.41, 5.74) is 1.87. The summed E-state index contributed by atoms with van der Waals surface area (Å²) in [5.74, 6) is 5.05. The highest BCUT2D eigenvalue weighted by atomic mass is 35.5. The zero-order chi connectivity index (χ0) is 10.6. The van der Waals surface area contributed by atoms with E-state index in [4.69, 9.17) is 17.5 Å². The van der Waals surface area contributed by atoms with E-state index in [1.54, 1.807) is 6.07 Å². The van der Waals surface area contributed by atoms with Crippen LogP contribution in [-0.4, -0.2) is 11.7 Å². The Bertz CT molecular complexity index is 315. The third-order valence-electron chi connectivity index (χ3n) is 2.10. The summed E-state index contributed by atoms with van der Waals surface area (Å²) in [7, 11) is 0. The van der Waals surface area contributed by atoms with E-state index in [-0.39, 0.29) is 5.75 Å². The average Bonchev–Trinajstić information content (AvgIpc) is 2.20. The molecule has 0 fully saturated rings. The topological polar surface area (TPSA) is 55.5 Å². The maximum absolute atomic E-state index is 9.62. The largest absolute Gasteiger partial charge is 0.506 e. The van der Waals surface area contributed by atoms with Gasteiger partial charge in [-0.05, 0) is 23.6 Å². The van der Waals surface area contributed by atoms with Crippen LogP contribution in [0.5, 0.6) is 5.75 Å². The molecule has 0 aliphatic carbocycles. The summed E-state index contributed by atoms with van der Waals surface area (Å²) in [6.45, 7) is 2.41. The van der Waals surface area contributed by atoms with Gasteiger partial charge in [0.2, 0.25) is 0 Å². The second kappa shape index (κ2) is 5.20. The SMILES string of the molecule is CCc1cc(Cl)c(O)c(CCON)c1. The van der Waals surface area contributed by atoms with Crippen molar-refractivity contribution in [1.29, 1.82) is 0 Å². The van der Waals surface area contributed by atoms with E-state index in [2.05, 4.69) is 4.84 Å². The maximum Gasteiger partial charge on any atom is 0.137 e. The Balaban J connectivity index is 2.95. The minimum absolute atomic E-state index is 0.126. The van der Waals surface area contributed by atoms with Crippen molar-refractivity contribution in [2.45, 2.75) is 19.8 Å². The molecule has 0 saturated heterocycles. The van der Waals surface area contributed by atoms with Gasteiger partial charge in [0.15, 0.2) is 0 Å². The molecule has 1 aromatic carbocycles. The fraction of sp³-hybridized carbons (Fsp3) is 0.400. The molecule has 0 saturated carbocycles. The number of hydrogen-bond donors (Lipinski definition) is 2. The van der Waals surface area contributed by atoms with Gasteiger partial charge in [-0.2, -0.15) is 0 Å². The molecule has 0 aromatic heterocycles. The monoisotopic (exact) mass is 215 g/mol. The molecule has 0 heterocycles. The maximum atomic E-state index is 9.62. The molecule has 4 heteroatoms. The van der Waals surface area contributed by atoms with E-state index in [1.165, 1.54) is 0 Å². The normalized spacial score (nSPS) is 10.5. The Morgan fingerprint density at radius 2 is 2.21 bits per heavy atom. The van der Waals surface area contributed by atoms with Gasteiger partial charge in [-0.15, -0.1) is 0 Å². The van der Waals surface area contributed by atoms with E-state index >= 15 is 0 Å². The summed E-state index contributed by atoms with van der Waals surface area (Å²) >= 11 is 5.85. The summed E-state index contributed by atoms with van der Waals surface area (Å²) in [6.07, 6.45) is 1.45. The molecule has 1 rings (SSSR count). The van der Waals surface area contributed by atoms with Gasteiger partial charge in [-0.1, -0.05) is 24.6 Å². The Morgan fingerprint density at radius 1 is 1.50 bits per heavy atom. The Labute approximate surface area is 88.4 Å². The Hall–Kier alpha value is -0.770. The molecule has 78 valence electrons. The second-order valence-corrected chi connectivity index (χ2v) is 3.47. The highest BCUT2D eigenvalue weighted by Crippen LogP contribution is 2.29. The zero-order valence-electron chi connectivity index (χ0n) is 8.09. The summed E-state index contributed by atoms with van der Waals surface area (Å²) < 4.78 is 0. The van der Waals surface area contributed by atoms with Crippen molar-refractivity contribution in [3.63, 3.8) is 0 Å². The Morgan fingerprint density at radius 3 is 2.79 bits per heavy atom. The first kappa shape index (κ1) is 11.3. The lowest BCUT2D eigenvalue weighted by atomic mass is 10.1. The van der Waals surface area contributed by atoms with Gasteiger partial charge >= 0.3 is 0 Å². The lowest BCUT2D eigenvalue weighted by molar-refractivity contribution is 0.140. The second-order valence-electron chi connectivity index (χ2n) is 3.06. The van der Waals surface area contributed by atoms with Gasteiger partial charge in [-0.25, -0.2) is 5.90 Å². The minimum atomic E-state index is 0.126. The van der Waals surface area contributed by atoms with Crippen molar-refractivity contribution in [1.82, 2.24) is 0 Å². The molecule has 0 radical (unpaired) electrons. The van der Waals surface area contributed by atoms with Gasteiger partial charge in [0, 0.05) is 6.42 Å². The van der Waals surface area contributed by atoms with Crippen molar-refractivity contribution in [3.05, 3.63) is 28.3 Å². The molecule has 0 aliphatic heterocycles. The average molecular weight is 216 g/mol. The van der Waals surface area contributed by atoms with Crippen LogP contribution in [0.2, 0.25) is 5.02 Å². The number of halogens is 1. The number of hydrogen-bond acceptors (Lipinski definition) is 3. The predicted molar refractivity (Wildman–Crippen MR) is 56.3 cm³/mol. The van der Waals surface area contributed by atoms with Crippen LogP contribution >= 0.6 is 11.6 Å².